The molecule has 8 nitrogen and oxygen atoms in total. The zero-order valence-corrected chi connectivity index (χ0v) is 16.6. The lowest BCUT2D eigenvalue weighted by Gasteiger charge is -2.36. The lowest BCUT2D eigenvalue weighted by molar-refractivity contribution is 0.112. The van der Waals surface area contributed by atoms with Crippen molar-refractivity contribution in [2.45, 2.75) is 38.8 Å². The van der Waals surface area contributed by atoms with E-state index in [0.29, 0.717) is 35.8 Å². The van der Waals surface area contributed by atoms with E-state index in [4.69, 9.17) is 16.3 Å². The summed E-state index contributed by atoms with van der Waals surface area (Å²) in [6, 6.07) is 7.81. The number of hydrogen-bond acceptors (Lipinski definition) is 5. The van der Waals surface area contributed by atoms with Crippen molar-refractivity contribution in [1.29, 1.82) is 0 Å². The van der Waals surface area contributed by atoms with Gasteiger partial charge in [0.05, 0.1) is 6.04 Å². The van der Waals surface area contributed by atoms with Crippen molar-refractivity contribution >= 4 is 23.6 Å². The van der Waals surface area contributed by atoms with Crippen LogP contribution in [-0.2, 0) is 0 Å². The van der Waals surface area contributed by atoms with Gasteiger partial charge in [0.25, 0.3) is 0 Å². The molecule has 2 bridgehead atoms. The van der Waals surface area contributed by atoms with Crippen LogP contribution in [0.2, 0.25) is 5.02 Å². The summed E-state index contributed by atoms with van der Waals surface area (Å²) in [6.07, 6.45) is 1.20. The molecule has 1 saturated carbocycles. The zero-order chi connectivity index (χ0) is 19.8. The summed E-state index contributed by atoms with van der Waals surface area (Å²) < 4.78 is 7.65. The van der Waals surface area contributed by atoms with Gasteiger partial charge in [0.1, 0.15) is 5.75 Å². The average molecular weight is 406 g/mol. The largest absolute Gasteiger partial charge is 0.465 e. The van der Waals surface area contributed by atoms with Crippen LogP contribution >= 0.6 is 11.6 Å². The summed E-state index contributed by atoms with van der Waals surface area (Å²) in [5.74, 6) is 1.66. The summed E-state index contributed by atoms with van der Waals surface area (Å²) >= 11 is 6.04. The fraction of sp³-hybridized carbons (Fsp3) is 0.526. The smallest absolute Gasteiger partial charge is 0.407 e. The minimum atomic E-state index is -0.838. The number of amides is 1. The highest BCUT2D eigenvalue weighted by molar-refractivity contribution is 6.30. The zero-order valence-electron chi connectivity index (χ0n) is 15.9. The lowest BCUT2D eigenvalue weighted by atomic mass is 9.92. The molecule has 1 aromatic heterocycles. The van der Waals surface area contributed by atoms with Gasteiger partial charge in [-0.15, -0.1) is 5.10 Å². The van der Waals surface area contributed by atoms with Crippen LogP contribution in [0, 0.1) is 11.8 Å². The van der Waals surface area contributed by atoms with Gasteiger partial charge >= 0.3 is 12.1 Å². The monoisotopic (exact) mass is 405 g/mol. The molecule has 1 aliphatic carbocycles. The Morgan fingerprint density at radius 3 is 2.64 bits per heavy atom. The Hall–Kier alpha value is -2.48. The Morgan fingerprint density at radius 1 is 1.32 bits per heavy atom. The lowest BCUT2D eigenvalue weighted by Crippen LogP contribution is -2.49. The Balaban J connectivity index is 1.52. The molecule has 1 amide bonds. The number of fused-ring (bicyclic) bond motifs is 2. The molecule has 0 spiro atoms. The van der Waals surface area contributed by atoms with Gasteiger partial charge in [-0.2, -0.15) is 4.98 Å². The Kier molecular flexibility index (Phi) is 5.05. The van der Waals surface area contributed by atoms with Crippen LogP contribution in [0.1, 0.15) is 32.7 Å². The molecule has 1 saturated heterocycles. The maximum absolute atomic E-state index is 11.3. The van der Waals surface area contributed by atoms with E-state index in [1.54, 1.807) is 16.8 Å². The van der Waals surface area contributed by atoms with Crippen molar-refractivity contribution < 1.29 is 14.6 Å². The number of carbonyl (C=O) groups is 1. The number of rotatable bonds is 5. The number of anilines is 1. The number of ether oxygens (including phenoxy) is 1. The van der Waals surface area contributed by atoms with Gasteiger partial charge in [0.15, 0.2) is 0 Å². The van der Waals surface area contributed by atoms with Crippen LogP contribution < -0.4 is 10.1 Å². The minimum absolute atomic E-state index is 0.0720. The van der Waals surface area contributed by atoms with Gasteiger partial charge in [-0.25, -0.2) is 9.48 Å². The van der Waals surface area contributed by atoms with Gasteiger partial charge in [-0.3, -0.25) is 0 Å². The van der Waals surface area contributed by atoms with E-state index >= 15 is 0 Å². The molecule has 2 N–H and O–H groups in total. The second kappa shape index (κ2) is 7.50. The number of carboxylic acid groups (broad SMARTS) is 1. The summed E-state index contributed by atoms with van der Waals surface area (Å²) in [7, 11) is 0. The van der Waals surface area contributed by atoms with Crippen molar-refractivity contribution in [3.05, 3.63) is 29.3 Å². The first kappa shape index (κ1) is 18.9. The number of hydrogen-bond donors (Lipinski definition) is 2. The molecule has 28 heavy (non-hydrogen) atoms. The maximum atomic E-state index is 11.3. The van der Waals surface area contributed by atoms with E-state index in [0.717, 1.165) is 12.8 Å². The van der Waals surface area contributed by atoms with Gasteiger partial charge in [-0.05, 0) is 56.7 Å². The van der Waals surface area contributed by atoms with Gasteiger partial charge in [0.2, 0.25) is 5.95 Å². The standard InChI is InChI=1S/C19H24ClN5O3/c1-11(2)25-18(28-15-5-3-4-14(20)8-15)22-17(23-25)21-16-12-6-7-13(16)10-24(9-12)19(26)27/h3-5,8,11-13,16H,6-7,9-10H2,1-2H3,(H,21,23)(H,26,27)/t12-,13+,16-. The third-order valence-electron chi connectivity index (χ3n) is 5.49. The predicted octanol–water partition coefficient (Wildman–Crippen LogP) is 4.11. The number of nitrogens with one attached hydrogen (secondary N) is 1. The van der Waals surface area contributed by atoms with E-state index in [1.165, 1.54) is 4.90 Å². The minimum Gasteiger partial charge on any atom is -0.465 e. The average Bonchev–Trinajstić information content (AvgIpc) is 3.12. The van der Waals surface area contributed by atoms with Gasteiger partial charge in [0, 0.05) is 24.2 Å². The number of piperidine rings is 1. The van der Waals surface area contributed by atoms with E-state index in [9.17, 15) is 9.90 Å². The van der Waals surface area contributed by atoms with Crippen molar-refractivity contribution in [3.63, 3.8) is 0 Å². The number of likely N-dealkylation sites (tertiary alicyclic amines) is 1. The highest BCUT2D eigenvalue weighted by Gasteiger charge is 2.43. The number of benzene rings is 1. The van der Waals surface area contributed by atoms with E-state index in [1.807, 2.05) is 26.0 Å². The molecule has 2 fully saturated rings. The molecule has 2 aromatic rings. The van der Waals surface area contributed by atoms with E-state index < -0.39 is 6.09 Å². The third kappa shape index (κ3) is 3.73. The van der Waals surface area contributed by atoms with Crippen molar-refractivity contribution in [1.82, 2.24) is 19.7 Å². The molecule has 3 atom stereocenters. The first-order valence-corrected chi connectivity index (χ1v) is 9.93. The summed E-state index contributed by atoms with van der Waals surface area (Å²) in [5, 5.41) is 17.9. The second-order valence-electron chi connectivity index (χ2n) is 7.77. The number of aromatic nitrogens is 3. The Labute approximate surface area is 168 Å². The first-order chi connectivity index (χ1) is 13.4. The highest BCUT2D eigenvalue weighted by Crippen LogP contribution is 2.38. The first-order valence-electron chi connectivity index (χ1n) is 9.55. The molecule has 9 heteroatoms. The summed E-state index contributed by atoms with van der Waals surface area (Å²) in [4.78, 5) is 17.4. The number of halogens is 1. The topological polar surface area (TPSA) is 92.5 Å². The van der Waals surface area contributed by atoms with Crippen LogP contribution in [0.5, 0.6) is 11.8 Å². The van der Waals surface area contributed by atoms with Crippen molar-refractivity contribution in [2.75, 3.05) is 18.4 Å². The molecular formula is C19H24ClN5O3. The SMILES string of the molecule is CC(C)n1nc(N[C@@H]2[C@@H]3CC[C@H]2CN(C(=O)O)C3)nc1Oc1cccc(Cl)c1. The maximum Gasteiger partial charge on any atom is 0.407 e. The molecule has 1 aliphatic heterocycles. The van der Waals surface area contributed by atoms with E-state index in [-0.39, 0.29) is 23.9 Å². The predicted molar refractivity (Wildman–Crippen MR) is 105 cm³/mol. The molecule has 2 aliphatic rings. The van der Waals surface area contributed by atoms with Gasteiger partial charge in [-0.1, -0.05) is 17.7 Å². The molecule has 0 radical (unpaired) electrons. The van der Waals surface area contributed by atoms with Crippen LogP contribution in [0.3, 0.4) is 0 Å². The van der Waals surface area contributed by atoms with Gasteiger partial charge < -0.3 is 20.1 Å². The molecule has 1 aromatic carbocycles. The third-order valence-corrected chi connectivity index (χ3v) is 5.73. The summed E-state index contributed by atoms with van der Waals surface area (Å²) in [6.45, 7) is 5.14. The quantitative estimate of drug-likeness (QED) is 0.777. The fourth-order valence-corrected chi connectivity index (χ4v) is 4.36. The number of nitrogens with zero attached hydrogens (tertiary/aromatic N) is 4. The second-order valence-corrected chi connectivity index (χ2v) is 8.21. The van der Waals surface area contributed by atoms with Crippen molar-refractivity contribution in [3.8, 4) is 11.8 Å². The van der Waals surface area contributed by atoms with Crippen LogP contribution in [0.4, 0.5) is 10.7 Å². The Bertz CT molecular complexity index is 857. The molecular weight excluding hydrogens is 382 g/mol. The van der Waals surface area contributed by atoms with Crippen LogP contribution in [0.15, 0.2) is 24.3 Å². The highest BCUT2D eigenvalue weighted by atomic mass is 35.5. The molecule has 0 unspecified atom stereocenters. The molecule has 2 heterocycles. The van der Waals surface area contributed by atoms with Crippen LogP contribution in [0.25, 0.3) is 0 Å². The van der Waals surface area contributed by atoms with Crippen LogP contribution in [-0.4, -0.2) is 50.0 Å². The van der Waals surface area contributed by atoms with E-state index in [2.05, 4.69) is 15.4 Å². The molecule has 4 rings (SSSR count). The fourth-order valence-electron chi connectivity index (χ4n) is 4.18. The normalized spacial score (nSPS) is 23.9. The summed E-state index contributed by atoms with van der Waals surface area (Å²) in [5.41, 5.74) is 0. The molecule has 150 valence electrons. The van der Waals surface area contributed by atoms with Crippen molar-refractivity contribution in [2.24, 2.45) is 11.8 Å². The Morgan fingerprint density at radius 2 is 2.04 bits per heavy atom.